The van der Waals surface area contributed by atoms with Gasteiger partial charge in [0.15, 0.2) is 6.61 Å². The minimum absolute atomic E-state index is 0.0657. The molecule has 1 aliphatic rings. The van der Waals surface area contributed by atoms with E-state index in [-0.39, 0.29) is 30.3 Å². The lowest BCUT2D eigenvalue weighted by molar-refractivity contribution is -0.152. The molecular weight excluding hydrogens is 441 g/mol. The van der Waals surface area contributed by atoms with Crippen molar-refractivity contribution in [2.24, 2.45) is 5.92 Å². The summed E-state index contributed by atoms with van der Waals surface area (Å²) in [5, 5.41) is 5.09. The molecule has 1 amide bonds. The van der Waals surface area contributed by atoms with Crippen molar-refractivity contribution in [2.45, 2.75) is 19.4 Å². The van der Waals surface area contributed by atoms with Gasteiger partial charge < -0.3 is 14.2 Å². The Labute approximate surface area is 188 Å². The Balaban J connectivity index is 1.26. The number of benzene rings is 2. The molecular formula is C22H19Cl2N3O4. The summed E-state index contributed by atoms with van der Waals surface area (Å²) in [6.45, 7) is 0.883. The Morgan fingerprint density at radius 3 is 2.26 bits per heavy atom. The maximum Gasteiger partial charge on any atom is 0.309 e. The van der Waals surface area contributed by atoms with Crippen LogP contribution in [0.25, 0.3) is 11.4 Å². The highest BCUT2D eigenvalue weighted by atomic mass is 35.5. The summed E-state index contributed by atoms with van der Waals surface area (Å²) in [4.78, 5) is 31.0. The monoisotopic (exact) mass is 459 g/mol. The number of hydrogen-bond acceptors (Lipinski definition) is 6. The second-order valence-electron chi connectivity index (χ2n) is 7.20. The first-order chi connectivity index (χ1) is 15.0. The summed E-state index contributed by atoms with van der Waals surface area (Å²) in [5.74, 6) is -0.0489. The number of hydrogen-bond donors (Lipinski definition) is 0. The van der Waals surface area contributed by atoms with Gasteiger partial charge >= 0.3 is 5.97 Å². The predicted molar refractivity (Wildman–Crippen MR) is 115 cm³/mol. The van der Waals surface area contributed by atoms with Gasteiger partial charge in [0.1, 0.15) is 0 Å². The molecule has 4 rings (SSSR count). The molecule has 0 unspecified atom stereocenters. The SMILES string of the molecule is O=C(OCc1nc(-c2ccc(Cl)cc2)no1)C1CCN(C(=O)c2ccc(Cl)cc2)CC1. The molecule has 0 spiro atoms. The van der Waals surface area contributed by atoms with Gasteiger partial charge in [-0.15, -0.1) is 0 Å². The zero-order valence-corrected chi connectivity index (χ0v) is 18.0. The molecule has 31 heavy (non-hydrogen) atoms. The van der Waals surface area contributed by atoms with Crippen molar-refractivity contribution in [3.05, 3.63) is 70.0 Å². The molecule has 7 nitrogen and oxygen atoms in total. The molecule has 1 aliphatic heterocycles. The van der Waals surface area contributed by atoms with E-state index in [4.69, 9.17) is 32.5 Å². The average Bonchev–Trinajstić information content (AvgIpc) is 3.27. The summed E-state index contributed by atoms with van der Waals surface area (Å²) in [5.41, 5.74) is 1.33. The Hall–Kier alpha value is -2.90. The van der Waals surface area contributed by atoms with E-state index in [1.54, 1.807) is 53.4 Å². The Kier molecular flexibility index (Phi) is 6.53. The highest BCUT2D eigenvalue weighted by Crippen LogP contribution is 2.22. The summed E-state index contributed by atoms with van der Waals surface area (Å²) in [6, 6.07) is 13.8. The number of piperidine rings is 1. The van der Waals surface area contributed by atoms with Gasteiger partial charge in [-0.2, -0.15) is 4.98 Å². The number of amides is 1. The van der Waals surface area contributed by atoms with Crippen molar-refractivity contribution in [3.63, 3.8) is 0 Å². The highest BCUT2D eigenvalue weighted by molar-refractivity contribution is 6.30. The number of carbonyl (C=O) groups excluding carboxylic acids is 2. The van der Waals surface area contributed by atoms with E-state index in [1.807, 2.05) is 0 Å². The number of nitrogens with zero attached hydrogens (tertiary/aromatic N) is 3. The second kappa shape index (κ2) is 9.49. The van der Waals surface area contributed by atoms with Gasteiger partial charge in [0.2, 0.25) is 5.82 Å². The van der Waals surface area contributed by atoms with E-state index in [2.05, 4.69) is 10.1 Å². The van der Waals surface area contributed by atoms with Gasteiger partial charge in [-0.05, 0) is 61.4 Å². The highest BCUT2D eigenvalue weighted by Gasteiger charge is 2.29. The van der Waals surface area contributed by atoms with Gasteiger partial charge in [-0.1, -0.05) is 28.4 Å². The van der Waals surface area contributed by atoms with Crippen LogP contribution in [-0.2, 0) is 16.1 Å². The van der Waals surface area contributed by atoms with Crippen LogP contribution >= 0.6 is 23.2 Å². The van der Waals surface area contributed by atoms with Gasteiger partial charge in [0.05, 0.1) is 5.92 Å². The molecule has 0 saturated carbocycles. The maximum atomic E-state index is 12.6. The molecule has 0 aliphatic carbocycles. The van der Waals surface area contributed by atoms with Crippen LogP contribution in [0.4, 0.5) is 0 Å². The number of rotatable bonds is 5. The molecule has 1 aromatic heterocycles. The molecule has 9 heteroatoms. The van der Waals surface area contributed by atoms with Crippen LogP contribution in [0.15, 0.2) is 53.1 Å². The molecule has 1 fully saturated rings. The molecule has 3 aromatic rings. The van der Waals surface area contributed by atoms with Gasteiger partial charge in [0, 0.05) is 34.3 Å². The van der Waals surface area contributed by atoms with Crippen molar-refractivity contribution >= 4 is 35.1 Å². The van der Waals surface area contributed by atoms with Crippen molar-refractivity contribution in [1.29, 1.82) is 0 Å². The number of esters is 1. The number of aromatic nitrogens is 2. The third kappa shape index (κ3) is 5.24. The van der Waals surface area contributed by atoms with Gasteiger partial charge in [0.25, 0.3) is 11.8 Å². The summed E-state index contributed by atoms with van der Waals surface area (Å²) in [7, 11) is 0. The van der Waals surface area contributed by atoms with E-state index in [0.29, 0.717) is 47.4 Å². The Morgan fingerprint density at radius 2 is 1.61 bits per heavy atom. The van der Waals surface area contributed by atoms with E-state index in [1.165, 1.54) is 0 Å². The fourth-order valence-electron chi connectivity index (χ4n) is 3.37. The number of carbonyl (C=O) groups is 2. The number of likely N-dealkylation sites (tertiary alicyclic amines) is 1. The molecule has 2 aromatic carbocycles. The molecule has 0 radical (unpaired) electrons. The Bertz CT molecular complexity index is 1060. The fraction of sp³-hybridized carbons (Fsp3) is 0.273. The van der Waals surface area contributed by atoms with E-state index in [0.717, 1.165) is 5.56 Å². The second-order valence-corrected chi connectivity index (χ2v) is 8.07. The van der Waals surface area contributed by atoms with Crippen molar-refractivity contribution in [2.75, 3.05) is 13.1 Å². The van der Waals surface area contributed by atoms with E-state index in [9.17, 15) is 9.59 Å². The topological polar surface area (TPSA) is 85.5 Å². The zero-order valence-electron chi connectivity index (χ0n) is 16.5. The fourth-order valence-corrected chi connectivity index (χ4v) is 3.63. The largest absolute Gasteiger partial charge is 0.455 e. The lowest BCUT2D eigenvalue weighted by atomic mass is 9.96. The van der Waals surface area contributed by atoms with Crippen LogP contribution in [0.2, 0.25) is 10.0 Å². The van der Waals surface area contributed by atoms with E-state index >= 15 is 0 Å². The number of halogens is 2. The van der Waals surface area contributed by atoms with Crippen molar-refractivity contribution in [1.82, 2.24) is 15.0 Å². The zero-order chi connectivity index (χ0) is 21.8. The van der Waals surface area contributed by atoms with Crippen LogP contribution in [0, 0.1) is 5.92 Å². The molecule has 0 atom stereocenters. The molecule has 0 bridgehead atoms. The first-order valence-corrected chi connectivity index (χ1v) is 10.5. The van der Waals surface area contributed by atoms with Gasteiger partial charge in [-0.3, -0.25) is 9.59 Å². The smallest absolute Gasteiger partial charge is 0.309 e. The summed E-state index contributed by atoms with van der Waals surface area (Å²) >= 11 is 11.7. The molecule has 1 saturated heterocycles. The van der Waals surface area contributed by atoms with Gasteiger partial charge in [-0.25, -0.2) is 0 Å². The standard InChI is InChI=1S/C22H19Cl2N3O4/c23-17-5-1-14(2-6-17)20-25-19(31-26-20)13-30-22(29)16-9-11-27(12-10-16)21(28)15-3-7-18(24)8-4-15/h1-8,16H,9-13H2. The van der Waals surface area contributed by atoms with Crippen molar-refractivity contribution < 1.29 is 18.8 Å². The van der Waals surface area contributed by atoms with Crippen LogP contribution in [-0.4, -0.2) is 40.0 Å². The molecule has 160 valence electrons. The first-order valence-electron chi connectivity index (χ1n) is 9.79. The summed E-state index contributed by atoms with van der Waals surface area (Å²) < 4.78 is 10.5. The van der Waals surface area contributed by atoms with E-state index < -0.39 is 0 Å². The quantitative estimate of drug-likeness (QED) is 0.516. The van der Waals surface area contributed by atoms with Crippen LogP contribution < -0.4 is 0 Å². The lowest BCUT2D eigenvalue weighted by Crippen LogP contribution is -2.40. The average molecular weight is 460 g/mol. The lowest BCUT2D eigenvalue weighted by Gasteiger charge is -2.30. The summed E-state index contributed by atoms with van der Waals surface area (Å²) in [6.07, 6.45) is 1.08. The predicted octanol–water partition coefficient (Wildman–Crippen LogP) is 4.64. The minimum Gasteiger partial charge on any atom is -0.455 e. The molecule has 2 heterocycles. The third-order valence-corrected chi connectivity index (χ3v) is 5.62. The van der Waals surface area contributed by atoms with Crippen LogP contribution in [0.5, 0.6) is 0 Å². The maximum absolute atomic E-state index is 12.6. The number of ether oxygens (including phenoxy) is 1. The first kappa shape index (κ1) is 21.3. The third-order valence-electron chi connectivity index (χ3n) is 5.12. The van der Waals surface area contributed by atoms with Crippen LogP contribution in [0.3, 0.4) is 0 Å². The normalized spacial score (nSPS) is 14.5. The minimum atomic E-state index is -0.329. The Morgan fingerprint density at radius 1 is 1.00 bits per heavy atom. The molecule has 0 N–H and O–H groups in total. The van der Waals surface area contributed by atoms with Crippen molar-refractivity contribution in [3.8, 4) is 11.4 Å². The van der Waals surface area contributed by atoms with Crippen LogP contribution in [0.1, 0.15) is 29.1 Å².